The minimum Gasteiger partial charge on any atom is -0.497 e. The zero-order valence-corrected chi connectivity index (χ0v) is 11.8. The fourth-order valence-corrected chi connectivity index (χ4v) is 2.98. The molecule has 4 nitrogen and oxygen atoms in total. The van der Waals surface area contributed by atoms with E-state index in [-0.39, 0.29) is 0 Å². The summed E-state index contributed by atoms with van der Waals surface area (Å²) in [5.74, 6) is 0.905. The molecule has 1 aromatic carbocycles. The summed E-state index contributed by atoms with van der Waals surface area (Å²) in [6.07, 6.45) is 5.62. The van der Waals surface area contributed by atoms with Crippen molar-refractivity contribution in [2.75, 3.05) is 7.11 Å². The van der Waals surface area contributed by atoms with Crippen molar-refractivity contribution in [2.45, 2.75) is 12.8 Å². The maximum absolute atomic E-state index is 5.31. The van der Waals surface area contributed by atoms with E-state index in [0.717, 1.165) is 35.5 Å². The van der Waals surface area contributed by atoms with E-state index < -0.39 is 0 Å². The molecule has 4 heteroatoms. The van der Waals surface area contributed by atoms with Crippen molar-refractivity contribution in [3.05, 3.63) is 53.9 Å². The molecule has 0 atom stereocenters. The standard InChI is InChI=1S/C17H15N3O/c1-21-13-3-5-14-12(10-13)2-4-15-16(19-20-17(14)15)11-6-8-18-9-7-11/h3,5-10H,2,4H2,1H3,(H,19,20). The molecule has 0 fully saturated rings. The average molecular weight is 277 g/mol. The molecule has 2 heterocycles. The molecule has 0 spiro atoms. The summed E-state index contributed by atoms with van der Waals surface area (Å²) in [4.78, 5) is 4.07. The van der Waals surface area contributed by atoms with E-state index in [1.807, 2.05) is 30.6 Å². The second-order valence-corrected chi connectivity index (χ2v) is 5.18. The van der Waals surface area contributed by atoms with E-state index in [4.69, 9.17) is 4.74 Å². The highest BCUT2D eigenvalue weighted by Crippen LogP contribution is 2.38. The Morgan fingerprint density at radius 1 is 1.10 bits per heavy atom. The van der Waals surface area contributed by atoms with Crippen molar-refractivity contribution in [2.24, 2.45) is 0 Å². The van der Waals surface area contributed by atoms with Gasteiger partial charge in [0.1, 0.15) is 5.75 Å². The normalized spacial score (nSPS) is 12.6. The van der Waals surface area contributed by atoms with Gasteiger partial charge in [0.25, 0.3) is 0 Å². The topological polar surface area (TPSA) is 50.8 Å². The van der Waals surface area contributed by atoms with E-state index >= 15 is 0 Å². The van der Waals surface area contributed by atoms with Gasteiger partial charge < -0.3 is 4.74 Å². The van der Waals surface area contributed by atoms with Gasteiger partial charge in [-0.3, -0.25) is 10.1 Å². The Kier molecular flexibility index (Phi) is 2.74. The Morgan fingerprint density at radius 2 is 1.95 bits per heavy atom. The van der Waals surface area contributed by atoms with E-state index in [9.17, 15) is 0 Å². The van der Waals surface area contributed by atoms with Crippen molar-refractivity contribution in [3.63, 3.8) is 0 Å². The van der Waals surface area contributed by atoms with Crippen LogP contribution in [0.25, 0.3) is 22.5 Å². The van der Waals surface area contributed by atoms with Crippen LogP contribution in [-0.4, -0.2) is 22.3 Å². The molecule has 21 heavy (non-hydrogen) atoms. The van der Waals surface area contributed by atoms with Gasteiger partial charge in [-0.2, -0.15) is 5.10 Å². The number of methoxy groups -OCH3 is 1. The molecule has 2 aromatic heterocycles. The summed E-state index contributed by atoms with van der Waals surface area (Å²) >= 11 is 0. The van der Waals surface area contributed by atoms with Crippen LogP contribution in [0.1, 0.15) is 11.1 Å². The summed E-state index contributed by atoms with van der Waals surface area (Å²) in [6.45, 7) is 0. The first-order valence-corrected chi connectivity index (χ1v) is 7.02. The SMILES string of the molecule is COc1ccc2c(c1)CCc1c-2n[nH]c1-c1ccncc1. The fourth-order valence-electron chi connectivity index (χ4n) is 2.98. The van der Waals surface area contributed by atoms with Crippen LogP contribution >= 0.6 is 0 Å². The van der Waals surface area contributed by atoms with Crippen molar-refractivity contribution in [3.8, 4) is 28.3 Å². The van der Waals surface area contributed by atoms with Crippen LogP contribution in [0.3, 0.4) is 0 Å². The Bertz CT molecular complexity index is 793. The Morgan fingerprint density at radius 3 is 2.76 bits per heavy atom. The monoisotopic (exact) mass is 277 g/mol. The van der Waals surface area contributed by atoms with Gasteiger partial charge in [0, 0.05) is 29.1 Å². The van der Waals surface area contributed by atoms with Crippen LogP contribution < -0.4 is 4.74 Å². The van der Waals surface area contributed by atoms with Crippen LogP contribution in [0.2, 0.25) is 0 Å². The first-order valence-electron chi connectivity index (χ1n) is 7.02. The van der Waals surface area contributed by atoms with Gasteiger partial charge in [-0.05, 0) is 48.7 Å². The molecule has 0 saturated carbocycles. The minimum atomic E-state index is 0.905. The molecular formula is C17H15N3O. The number of aromatic amines is 1. The zero-order valence-electron chi connectivity index (χ0n) is 11.8. The number of aryl methyl sites for hydroxylation is 1. The lowest BCUT2D eigenvalue weighted by Gasteiger charge is -2.17. The number of hydrogen-bond acceptors (Lipinski definition) is 3. The summed E-state index contributed by atoms with van der Waals surface area (Å²) in [5.41, 5.74) is 7.09. The largest absolute Gasteiger partial charge is 0.497 e. The third-order valence-electron chi connectivity index (χ3n) is 4.05. The lowest BCUT2D eigenvalue weighted by Crippen LogP contribution is -2.03. The summed E-state index contributed by atoms with van der Waals surface area (Å²) in [6, 6.07) is 10.2. The molecule has 0 radical (unpaired) electrons. The van der Waals surface area contributed by atoms with Gasteiger partial charge >= 0.3 is 0 Å². The van der Waals surface area contributed by atoms with Gasteiger partial charge in [-0.15, -0.1) is 0 Å². The lowest BCUT2D eigenvalue weighted by molar-refractivity contribution is 0.414. The highest BCUT2D eigenvalue weighted by atomic mass is 16.5. The number of benzene rings is 1. The minimum absolute atomic E-state index is 0.905. The summed E-state index contributed by atoms with van der Waals surface area (Å²) in [7, 11) is 1.70. The van der Waals surface area contributed by atoms with Gasteiger partial charge in [0.05, 0.1) is 18.5 Å². The molecule has 0 saturated heterocycles. The van der Waals surface area contributed by atoms with E-state index in [2.05, 4.69) is 27.3 Å². The number of ether oxygens (including phenoxy) is 1. The number of hydrogen-bond donors (Lipinski definition) is 1. The number of aromatic nitrogens is 3. The van der Waals surface area contributed by atoms with E-state index in [0.29, 0.717) is 0 Å². The molecule has 0 bridgehead atoms. The molecule has 3 aromatic rings. The average Bonchev–Trinajstić information content (AvgIpc) is 2.99. The Balaban J connectivity index is 1.85. The Hall–Kier alpha value is -2.62. The highest BCUT2D eigenvalue weighted by molar-refractivity contribution is 5.77. The molecule has 0 aliphatic heterocycles. The van der Waals surface area contributed by atoms with Gasteiger partial charge in [-0.25, -0.2) is 0 Å². The van der Waals surface area contributed by atoms with Crippen LogP contribution in [-0.2, 0) is 12.8 Å². The lowest BCUT2D eigenvalue weighted by atomic mass is 9.88. The number of pyridine rings is 1. The third-order valence-corrected chi connectivity index (χ3v) is 4.05. The van der Waals surface area contributed by atoms with Crippen molar-refractivity contribution in [1.82, 2.24) is 15.2 Å². The summed E-state index contributed by atoms with van der Waals surface area (Å²) in [5, 5.41) is 7.74. The van der Waals surface area contributed by atoms with Crippen LogP contribution in [0, 0.1) is 0 Å². The van der Waals surface area contributed by atoms with Gasteiger partial charge in [0.15, 0.2) is 0 Å². The molecule has 0 amide bonds. The first-order chi connectivity index (χ1) is 10.4. The van der Waals surface area contributed by atoms with Crippen molar-refractivity contribution in [1.29, 1.82) is 0 Å². The third kappa shape index (κ3) is 1.91. The van der Waals surface area contributed by atoms with E-state index in [1.165, 1.54) is 16.7 Å². The van der Waals surface area contributed by atoms with Gasteiger partial charge in [0.2, 0.25) is 0 Å². The molecule has 1 N–H and O–H groups in total. The van der Waals surface area contributed by atoms with Crippen LogP contribution in [0.15, 0.2) is 42.7 Å². The number of fused-ring (bicyclic) bond motifs is 3. The summed E-state index contributed by atoms with van der Waals surface area (Å²) < 4.78 is 5.31. The maximum atomic E-state index is 5.31. The van der Waals surface area contributed by atoms with Crippen molar-refractivity contribution < 1.29 is 4.74 Å². The van der Waals surface area contributed by atoms with Crippen LogP contribution in [0.4, 0.5) is 0 Å². The predicted octanol–water partition coefficient (Wildman–Crippen LogP) is 3.25. The molecular weight excluding hydrogens is 262 g/mol. The van der Waals surface area contributed by atoms with Gasteiger partial charge in [-0.1, -0.05) is 0 Å². The fraction of sp³-hybridized carbons (Fsp3) is 0.176. The zero-order chi connectivity index (χ0) is 14.2. The highest BCUT2D eigenvalue weighted by Gasteiger charge is 2.23. The number of nitrogens with one attached hydrogen (secondary N) is 1. The molecule has 104 valence electrons. The van der Waals surface area contributed by atoms with Crippen LogP contribution in [0.5, 0.6) is 5.75 Å². The molecule has 1 aliphatic rings. The molecule has 4 rings (SSSR count). The quantitative estimate of drug-likeness (QED) is 0.782. The first kappa shape index (κ1) is 12.1. The maximum Gasteiger partial charge on any atom is 0.119 e. The Labute approximate surface area is 122 Å². The molecule has 1 aliphatic carbocycles. The number of H-pyrrole nitrogens is 1. The van der Waals surface area contributed by atoms with E-state index in [1.54, 1.807) is 7.11 Å². The molecule has 0 unspecified atom stereocenters. The predicted molar refractivity (Wildman–Crippen MR) is 81.2 cm³/mol. The van der Waals surface area contributed by atoms with Crippen molar-refractivity contribution >= 4 is 0 Å². The number of nitrogens with zero attached hydrogens (tertiary/aromatic N) is 2. The number of rotatable bonds is 2. The second kappa shape index (κ2) is 4.74. The second-order valence-electron chi connectivity index (χ2n) is 5.18. The smallest absolute Gasteiger partial charge is 0.119 e.